The highest BCUT2D eigenvalue weighted by atomic mass is 16.5. The lowest BCUT2D eigenvalue weighted by Gasteiger charge is -2.28. The van der Waals surface area contributed by atoms with Crippen LogP contribution in [0.15, 0.2) is 24.3 Å². The summed E-state index contributed by atoms with van der Waals surface area (Å²) in [5.41, 5.74) is 0.778. The van der Waals surface area contributed by atoms with Gasteiger partial charge in [-0.2, -0.15) is 0 Å². The van der Waals surface area contributed by atoms with E-state index in [1.807, 2.05) is 31.2 Å². The van der Waals surface area contributed by atoms with E-state index in [1.165, 1.54) is 7.05 Å². The number of hydrogen-bond donors (Lipinski definition) is 1. The summed E-state index contributed by atoms with van der Waals surface area (Å²) in [4.78, 5) is 38.9. The van der Waals surface area contributed by atoms with Crippen molar-refractivity contribution in [3.8, 4) is 0 Å². The van der Waals surface area contributed by atoms with Crippen LogP contribution in [0.5, 0.6) is 0 Å². The van der Waals surface area contributed by atoms with Gasteiger partial charge in [0.2, 0.25) is 11.8 Å². The Kier molecular flexibility index (Phi) is 3.95. The number of benzene rings is 1. The SMILES string of the molecule is CCOC(=O)[C@]1(C)N[C@H](c2ccc(C)cc2)[C@H]2C(=O)N(C)C(=O)[C@@H]21. The minimum Gasteiger partial charge on any atom is -0.465 e. The van der Waals surface area contributed by atoms with Crippen molar-refractivity contribution in [2.24, 2.45) is 11.8 Å². The van der Waals surface area contributed by atoms with E-state index in [-0.39, 0.29) is 18.4 Å². The van der Waals surface area contributed by atoms with Crippen molar-refractivity contribution >= 4 is 17.8 Å². The van der Waals surface area contributed by atoms with Crippen LogP contribution in [0, 0.1) is 18.8 Å². The highest BCUT2D eigenvalue weighted by molar-refractivity contribution is 6.09. The van der Waals surface area contributed by atoms with E-state index in [2.05, 4.69) is 5.32 Å². The molecule has 2 aliphatic rings. The quantitative estimate of drug-likeness (QED) is 0.665. The van der Waals surface area contributed by atoms with E-state index in [0.29, 0.717) is 0 Å². The molecule has 0 radical (unpaired) electrons. The molecule has 0 aliphatic carbocycles. The molecule has 2 heterocycles. The number of rotatable bonds is 3. The second-order valence-electron chi connectivity index (χ2n) is 6.69. The van der Waals surface area contributed by atoms with Gasteiger partial charge in [0.1, 0.15) is 5.54 Å². The summed E-state index contributed by atoms with van der Waals surface area (Å²) in [6.45, 7) is 5.58. The Morgan fingerprint density at radius 1 is 1.25 bits per heavy atom. The van der Waals surface area contributed by atoms with Crippen LogP contribution in [0.25, 0.3) is 0 Å². The molecule has 0 spiro atoms. The summed E-state index contributed by atoms with van der Waals surface area (Å²) in [7, 11) is 1.47. The normalized spacial score (nSPS) is 32.2. The highest BCUT2D eigenvalue weighted by Crippen LogP contribution is 2.48. The van der Waals surface area contributed by atoms with Crippen LogP contribution in [0.4, 0.5) is 0 Å². The molecular formula is C18H22N2O4. The predicted molar refractivity (Wildman–Crippen MR) is 86.9 cm³/mol. The summed E-state index contributed by atoms with van der Waals surface area (Å²) in [5.74, 6) is -2.43. The molecular weight excluding hydrogens is 308 g/mol. The Morgan fingerprint density at radius 3 is 2.46 bits per heavy atom. The molecule has 1 N–H and O–H groups in total. The van der Waals surface area contributed by atoms with Crippen molar-refractivity contribution in [1.29, 1.82) is 0 Å². The largest absolute Gasteiger partial charge is 0.465 e. The average molecular weight is 330 g/mol. The maximum Gasteiger partial charge on any atom is 0.326 e. The first-order valence-electron chi connectivity index (χ1n) is 8.14. The molecule has 3 rings (SSSR count). The molecule has 24 heavy (non-hydrogen) atoms. The van der Waals surface area contributed by atoms with E-state index in [0.717, 1.165) is 16.0 Å². The average Bonchev–Trinajstić information content (AvgIpc) is 2.99. The van der Waals surface area contributed by atoms with Crippen molar-refractivity contribution in [1.82, 2.24) is 10.2 Å². The highest BCUT2D eigenvalue weighted by Gasteiger charge is 2.66. The van der Waals surface area contributed by atoms with Gasteiger partial charge in [0.15, 0.2) is 0 Å². The zero-order valence-electron chi connectivity index (χ0n) is 14.3. The first-order valence-corrected chi connectivity index (χ1v) is 8.14. The Morgan fingerprint density at radius 2 is 1.88 bits per heavy atom. The Hall–Kier alpha value is -2.21. The van der Waals surface area contributed by atoms with Crippen LogP contribution in [0.3, 0.4) is 0 Å². The fraction of sp³-hybridized carbons (Fsp3) is 0.500. The van der Waals surface area contributed by atoms with E-state index < -0.39 is 29.4 Å². The zero-order valence-corrected chi connectivity index (χ0v) is 14.3. The maximum atomic E-state index is 12.6. The van der Waals surface area contributed by atoms with Gasteiger partial charge in [-0.25, -0.2) is 0 Å². The van der Waals surface area contributed by atoms with Crippen LogP contribution in [0.2, 0.25) is 0 Å². The van der Waals surface area contributed by atoms with E-state index >= 15 is 0 Å². The fourth-order valence-electron chi connectivity index (χ4n) is 3.81. The van der Waals surface area contributed by atoms with Crippen LogP contribution in [-0.4, -0.2) is 41.9 Å². The van der Waals surface area contributed by atoms with Gasteiger partial charge >= 0.3 is 5.97 Å². The van der Waals surface area contributed by atoms with Crippen molar-refractivity contribution < 1.29 is 19.1 Å². The number of carbonyl (C=O) groups is 3. The second-order valence-corrected chi connectivity index (χ2v) is 6.69. The Balaban J connectivity index is 2.06. The molecule has 1 aromatic rings. The third-order valence-corrected chi connectivity index (χ3v) is 5.14. The molecule has 6 nitrogen and oxygen atoms in total. The van der Waals surface area contributed by atoms with Gasteiger partial charge in [-0.05, 0) is 26.3 Å². The summed E-state index contributed by atoms with van der Waals surface area (Å²) in [6, 6.07) is 7.37. The van der Waals surface area contributed by atoms with Gasteiger partial charge < -0.3 is 4.74 Å². The summed E-state index contributed by atoms with van der Waals surface area (Å²) in [6.07, 6.45) is 0. The van der Waals surface area contributed by atoms with Crippen LogP contribution in [0.1, 0.15) is 31.0 Å². The van der Waals surface area contributed by atoms with Gasteiger partial charge in [-0.15, -0.1) is 0 Å². The number of imide groups is 1. The van der Waals surface area contributed by atoms with Gasteiger partial charge in [0, 0.05) is 13.1 Å². The number of aryl methyl sites for hydroxylation is 1. The van der Waals surface area contributed by atoms with Crippen molar-refractivity contribution in [2.45, 2.75) is 32.4 Å². The third-order valence-electron chi connectivity index (χ3n) is 5.14. The lowest BCUT2D eigenvalue weighted by atomic mass is 9.80. The molecule has 2 fully saturated rings. The molecule has 0 aromatic heterocycles. The van der Waals surface area contributed by atoms with E-state index in [1.54, 1.807) is 13.8 Å². The third kappa shape index (κ3) is 2.24. The summed E-state index contributed by atoms with van der Waals surface area (Å²) < 4.78 is 5.18. The van der Waals surface area contributed by atoms with Gasteiger partial charge in [-0.1, -0.05) is 29.8 Å². The molecule has 4 atom stereocenters. The van der Waals surface area contributed by atoms with Crippen molar-refractivity contribution in [3.05, 3.63) is 35.4 Å². The molecule has 0 bridgehead atoms. The molecule has 1 aromatic carbocycles. The number of ether oxygens (including phenoxy) is 1. The first-order chi connectivity index (χ1) is 11.3. The number of carbonyl (C=O) groups excluding carboxylic acids is 3. The van der Waals surface area contributed by atoms with Crippen LogP contribution < -0.4 is 5.32 Å². The predicted octanol–water partition coefficient (Wildman–Crippen LogP) is 1.19. The lowest BCUT2D eigenvalue weighted by molar-refractivity contribution is -0.155. The minimum atomic E-state index is -1.21. The number of fused-ring (bicyclic) bond motifs is 1. The van der Waals surface area contributed by atoms with Crippen LogP contribution in [-0.2, 0) is 19.1 Å². The Labute approximate surface area is 141 Å². The molecule has 0 saturated carbocycles. The van der Waals surface area contributed by atoms with E-state index in [4.69, 9.17) is 4.74 Å². The zero-order chi connectivity index (χ0) is 17.6. The standard InChI is InChI=1S/C18H22N2O4/c1-5-24-17(23)18(3)13-12(15(21)20(4)16(13)22)14(19-18)11-8-6-10(2)7-9-11/h6-9,12-14,19H,5H2,1-4H3/t12-,13+,14+,18+/m0/s1. The molecule has 0 unspecified atom stereocenters. The van der Waals surface area contributed by atoms with Gasteiger partial charge in [0.05, 0.1) is 18.4 Å². The smallest absolute Gasteiger partial charge is 0.326 e. The molecule has 6 heteroatoms. The lowest BCUT2D eigenvalue weighted by Crippen LogP contribution is -2.53. The topological polar surface area (TPSA) is 75.7 Å². The number of amides is 2. The summed E-state index contributed by atoms with van der Waals surface area (Å²) in [5, 5.41) is 3.23. The molecule has 2 saturated heterocycles. The first kappa shape index (κ1) is 16.6. The number of esters is 1. The maximum absolute atomic E-state index is 12.6. The monoisotopic (exact) mass is 330 g/mol. The van der Waals surface area contributed by atoms with Crippen LogP contribution >= 0.6 is 0 Å². The number of nitrogens with one attached hydrogen (secondary N) is 1. The molecule has 128 valence electrons. The van der Waals surface area contributed by atoms with Crippen molar-refractivity contribution in [3.63, 3.8) is 0 Å². The number of hydrogen-bond acceptors (Lipinski definition) is 5. The van der Waals surface area contributed by atoms with Gasteiger partial charge in [0.25, 0.3) is 0 Å². The van der Waals surface area contributed by atoms with E-state index in [9.17, 15) is 14.4 Å². The Bertz CT molecular complexity index is 699. The second kappa shape index (κ2) is 5.70. The van der Waals surface area contributed by atoms with Gasteiger partial charge in [-0.3, -0.25) is 24.6 Å². The number of likely N-dealkylation sites (tertiary alicyclic amines) is 1. The minimum absolute atomic E-state index is 0.223. The fourth-order valence-corrected chi connectivity index (χ4v) is 3.81. The number of nitrogens with zero attached hydrogens (tertiary/aromatic N) is 1. The van der Waals surface area contributed by atoms with Crippen molar-refractivity contribution in [2.75, 3.05) is 13.7 Å². The molecule has 2 aliphatic heterocycles. The summed E-state index contributed by atoms with van der Waals surface area (Å²) >= 11 is 0. The molecule has 2 amide bonds.